The van der Waals surface area contributed by atoms with Crippen LogP contribution in [0.2, 0.25) is 0 Å². The molecule has 1 rings (SSSR count). The third kappa shape index (κ3) is 2.13. The number of rotatable bonds is 0. The normalized spacial score (nSPS) is 19.1. The number of piperidine rings is 1. The van der Waals surface area contributed by atoms with Crippen LogP contribution >= 0.6 is 24.0 Å². The molecule has 0 aliphatic carbocycles. The first-order valence-electron chi connectivity index (χ1n) is 3.67. The molecule has 0 aromatic rings. The van der Waals surface area contributed by atoms with Crippen LogP contribution in [-0.2, 0) is 0 Å². The van der Waals surface area contributed by atoms with E-state index >= 15 is 0 Å². The Bertz CT molecular complexity index is 119. The number of thiocarbonyl (C=S) groups is 1. The van der Waals surface area contributed by atoms with Gasteiger partial charge in [0.25, 0.3) is 0 Å². The van der Waals surface area contributed by atoms with Gasteiger partial charge in [0.2, 0.25) is 0 Å². The number of likely N-dealkylation sites (tertiary alicyclic amines) is 1. The Labute approximate surface area is 72.2 Å². The molecule has 0 aromatic heterocycles. The minimum atomic E-state index is 1.07. The molecule has 1 heterocycles. The first-order valence-corrected chi connectivity index (χ1v) is 5.31. The van der Waals surface area contributed by atoms with Gasteiger partial charge in [0.1, 0.15) is 4.32 Å². The lowest BCUT2D eigenvalue weighted by atomic mass is 10.1. The van der Waals surface area contributed by atoms with Gasteiger partial charge in [0.05, 0.1) is 0 Å². The number of hydrogen-bond acceptors (Lipinski definition) is 2. The third-order valence-corrected chi connectivity index (χ3v) is 3.15. The van der Waals surface area contributed by atoms with E-state index in [2.05, 4.69) is 11.2 Å². The smallest absolute Gasteiger partial charge is 0.136 e. The molecular weight excluding hydrogens is 162 g/mol. The molecule has 1 aliphatic rings. The van der Waals surface area contributed by atoms with Crippen molar-refractivity contribution >= 4 is 28.3 Å². The monoisotopic (exact) mass is 175 g/mol. The predicted molar refractivity (Wildman–Crippen MR) is 51.5 cm³/mol. The van der Waals surface area contributed by atoms with E-state index in [-0.39, 0.29) is 0 Å². The molecule has 0 atom stereocenters. The van der Waals surface area contributed by atoms with Crippen LogP contribution in [0.4, 0.5) is 0 Å². The van der Waals surface area contributed by atoms with E-state index in [1.165, 1.54) is 32.4 Å². The highest BCUT2D eigenvalue weighted by Gasteiger charge is 2.11. The zero-order chi connectivity index (χ0) is 7.40. The van der Waals surface area contributed by atoms with Crippen LogP contribution in [-0.4, -0.2) is 28.6 Å². The second-order valence-electron chi connectivity index (χ2n) is 2.52. The van der Waals surface area contributed by atoms with Gasteiger partial charge in [-0.05, 0) is 25.5 Å². The SMILES string of the molecule is CSC(=S)N1CCCCC1. The van der Waals surface area contributed by atoms with Crippen LogP contribution in [0.1, 0.15) is 19.3 Å². The molecule has 1 nitrogen and oxygen atoms in total. The molecule has 1 aliphatic heterocycles. The summed E-state index contributed by atoms with van der Waals surface area (Å²) >= 11 is 6.85. The summed E-state index contributed by atoms with van der Waals surface area (Å²) in [4.78, 5) is 2.31. The van der Waals surface area contributed by atoms with Crippen molar-refractivity contribution in [1.29, 1.82) is 0 Å². The summed E-state index contributed by atoms with van der Waals surface area (Å²) in [7, 11) is 0. The highest BCUT2D eigenvalue weighted by molar-refractivity contribution is 8.22. The molecule has 3 heteroatoms. The predicted octanol–water partition coefficient (Wildman–Crippen LogP) is 2.12. The lowest BCUT2D eigenvalue weighted by Crippen LogP contribution is -2.32. The Morgan fingerprint density at radius 1 is 1.30 bits per heavy atom. The van der Waals surface area contributed by atoms with Crippen LogP contribution in [0.3, 0.4) is 0 Å². The average molecular weight is 175 g/mol. The van der Waals surface area contributed by atoms with Crippen LogP contribution in [0.15, 0.2) is 0 Å². The van der Waals surface area contributed by atoms with Crippen molar-refractivity contribution in [2.24, 2.45) is 0 Å². The summed E-state index contributed by atoms with van der Waals surface area (Å²) in [5, 5.41) is 0. The van der Waals surface area contributed by atoms with Crippen LogP contribution in [0, 0.1) is 0 Å². The molecule has 0 saturated carbocycles. The Morgan fingerprint density at radius 3 is 2.40 bits per heavy atom. The van der Waals surface area contributed by atoms with E-state index in [9.17, 15) is 0 Å². The van der Waals surface area contributed by atoms with Crippen LogP contribution in [0.25, 0.3) is 0 Å². The lowest BCUT2D eigenvalue weighted by Gasteiger charge is -2.27. The fourth-order valence-corrected chi connectivity index (χ4v) is 1.83. The van der Waals surface area contributed by atoms with Gasteiger partial charge in [-0.2, -0.15) is 0 Å². The zero-order valence-corrected chi connectivity index (χ0v) is 7.93. The maximum atomic E-state index is 5.16. The second-order valence-corrected chi connectivity index (χ2v) is 3.96. The van der Waals surface area contributed by atoms with Crippen molar-refractivity contribution in [3.05, 3.63) is 0 Å². The van der Waals surface area contributed by atoms with Crippen molar-refractivity contribution in [2.75, 3.05) is 19.3 Å². The minimum Gasteiger partial charge on any atom is -0.358 e. The summed E-state index contributed by atoms with van der Waals surface area (Å²) in [5.74, 6) is 0. The lowest BCUT2D eigenvalue weighted by molar-refractivity contribution is 0.352. The van der Waals surface area contributed by atoms with E-state index < -0.39 is 0 Å². The maximum absolute atomic E-state index is 5.16. The van der Waals surface area contributed by atoms with Crippen molar-refractivity contribution < 1.29 is 0 Å². The molecule has 0 radical (unpaired) electrons. The minimum absolute atomic E-state index is 1.07. The van der Waals surface area contributed by atoms with Crippen molar-refractivity contribution in [3.8, 4) is 0 Å². The third-order valence-electron chi connectivity index (χ3n) is 1.79. The summed E-state index contributed by atoms with van der Waals surface area (Å²) in [6.07, 6.45) is 6.08. The van der Waals surface area contributed by atoms with Gasteiger partial charge >= 0.3 is 0 Å². The van der Waals surface area contributed by atoms with Crippen molar-refractivity contribution in [2.45, 2.75) is 19.3 Å². The topological polar surface area (TPSA) is 3.24 Å². The largest absolute Gasteiger partial charge is 0.358 e. The molecule has 1 saturated heterocycles. The molecule has 1 fully saturated rings. The van der Waals surface area contributed by atoms with E-state index in [1.807, 2.05) is 0 Å². The Balaban J connectivity index is 2.31. The number of hydrogen-bond donors (Lipinski definition) is 0. The fourth-order valence-electron chi connectivity index (χ4n) is 1.21. The molecule has 0 amide bonds. The van der Waals surface area contributed by atoms with E-state index in [0.717, 1.165) is 4.32 Å². The molecule has 0 bridgehead atoms. The average Bonchev–Trinajstić information content (AvgIpc) is 2.05. The standard InChI is InChI=1S/C7H13NS2/c1-10-7(9)8-5-3-2-4-6-8/h2-6H2,1H3. The van der Waals surface area contributed by atoms with E-state index in [1.54, 1.807) is 11.8 Å². The van der Waals surface area contributed by atoms with E-state index in [0.29, 0.717) is 0 Å². The van der Waals surface area contributed by atoms with Gasteiger partial charge in [-0.25, -0.2) is 0 Å². The van der Waals surface area contributed by atoms with Gasteiger partial charge in [-0.3, -0.25) is 0 Å². The van der Waals surface area contributed by atoms with Crippen LogP contribution in [0.5, 0.6) is 0 Å². The molecule has 0 aromatic carbocycles. The highest BCUT2D eigenvalue weighted by atomic mass is 32.2. The van der Waals surface area contributed by atoms with Crippen LogP contribution < -0.4 is 0 Å². The molecule has 10 heavy (non-hydrogen) atoms. The summed E-state index contributed by atoms with van der Waals surface area (Å²) in [5.41, 5.74) is 0. The maximum Gasteiger partial charge on any atom is 0.136 e. The quantitative estimate of drug-likeness (QED) is 0.519. The van der Waals surface area contributed by atoms with Gasteiger partial charge in [-0.15, -0.1) is 11.8 Å². The number of nitrogens with zero attached hydrogens (tertiary/aromatic N) is 1. The van der Waals surface area contributed by atoms with Gasteiger partial charge in [0.15, 0.2) is 0 Å². The highest BCUT2D eigenvalue weighted by Crippen LogP contribution is 2.13. The Kier molecular flexibility index (Phi) is 3.49. The van der Waals surface area contributed by atoms with Gasteiger partial charge < -0.3 is 4.90 Å². The van der Waals surface area contributed by atoms with Gasteiger partial charge in [0, 0.05) is 13.1 Å². The first-order chi connectivity index (χ1) is 4.84. The molecule has 0 spiro atoms. The van der Waals surface area contributed by atoms with Crippen molar-refractivity contribution in [1.82, 2.24) is 4.90 Å². The summed E-state index contributed by atoms with van der Waals surface area (Å²) in [6, 6.07) is 0. The first kappa shape index (κ1) is 8.34. The van der Waals surface area contributed by atoms with Gasteiger partial charge in [-0.1, -0.05) is 12.2 Å². The fraction of sp³-hybridized carbons (Fsp3) is 0.857. The zero-order valence-electron chi connectivity index (χ0n) is 6.30. The number of thioether (sulfide) groups is 1. The molecular formula is C7H13NS2. The van der Waals surface area contributed by atoms with Crippen molar-refractivity contribution in [3.63, 3.8) is 0 Å². The second kappa shape index (κ2) is 4.19. The Hall–Kier alpha value is 0.240. The van der Waals surface area contributed by atoms with E-state index in [4.69, 9.17) is 12.2 Å². The molecule has 58 valence electrons. The molecule has 0 unspecified atom stereocenters. The molecule has 0 N–H and O–H groups in total. The summed E-state index contributed by atoms with van der Waals surface area (Å²) < 4.78 is 1.07. The summed E-state index contributed by atoms with van der Waals surface area (Å²) in [6.45, 7) is 2.36. The Morgan fingerprint density at radius 2 is 1.90 bits per heavy atom.